The summed E-state index contributed by atoms with van der Waals surface area (Å²) in [6.07, 6.45) is 2.60. The maximum Gasteiger partial charge on any atom is 0.289 e. The van der Waals surface area contributed by atoms with E-state index < -0.39 is 0 Å². The highest BCUT2D eigenvalue weighted by molar-refractivity contribution is 5.91. The molecule has 0 saturated heterocycles. The average Bonchev–Trinajstić information content (AvgIpc) is 2.87. The second kappa shape index (κ2) is 7.43. The van der Waals surface area contributed by atoms with E-state index >= 15 is 0 Å². The summed E-state index contributed by atoms with van der Waals surface area (Å²) in [5, 5.41) is 15.8. The lowest BCUT2D eigenvalue weighted by molar-refractivity contribution is 0.0891. The van der Waals surface area contributed by atoms with Crippen LogP contribution in [0.15, 0.2) is 10.6 Å². The van der Waals surface area contributed by atoms with Crippen LogP contribution in [-0.2, 0) is 0 Å². The first-order valence-corrected chi connectivity index (χ1v) is 7.29. The molecule has 20 heavy (non-hydrogen) atoms. The van der Waals surface area contributed by atoms with E-state index in [1.807, 2.05) is 13.8 Å². The number of hydrogen-bond donors (Lipinski definition) is 2. The second-order valence-corrected chi connectivity index (χ2v) is 5.95. The Bertz CT molecular complexity index is 423. The van der Waals surface area contributed by atoms with Gasteiger partial charge in [0.15, 0.2) is 0 Å². The van der Waals surface area contributed by atoms with E-state index in [1.54, 1.807) is 6.07 Å². The van der Waals surface area contributed by atoms with E-state index in [1.165, 1.54) is 0 Å². The molecule has 5 heteroatoms. The van der Waals surface area contributed by atoms with Gasteiger partial charge in [-0.25, -0.2) is 0 Å². The lowest BCUT2D eigenvalue weighted by atomic mass is 9.90. The number of hydrogen-bond acceptors (Lipinski definition) is 4. The molecule has 0 saturated carbocycles. The molecular weight excluding hydrogens is 256 g/mol. The fourth-order valence-corrected chi connectivity index (χ4v) is 2.09. The monoisotopic (exact) mass is 282 g/mol. The molecule has 5 nitrogen and oxygen atoms in total. The van der Waals surface area contributed by atoms with Crippen LogP contribution in [0.2, 0.25) is 0 Å². The Kier molecular flexibility index (Phi) is 6.20. The Balaban J connectivity index is 2.60. The summed E-state index contributed by atoms with van der Waals surface area (Å²) < 4.78 is 5.12. The van der Waals surface area contributed by atoms with Gasteiger partial charge < -0.3 is 14.9 Å². The maximum atomic E-state index is 12.0. The standard InChI is InChI=1S/C15H26N2O3/c1-5-11(6-2)12-9-13(20-17-12)14(19)16-10-15(3,4)7-8-18/h9,11,18H,5-8,10H2,1-4H3,(H,16,19). The molecule has 1 aromatic rings. The van der Waals surface area contributed by atoms with Gasteiger partial charge in [-0.1, -0.05) is 32.9 Å². The first-order chi connectivity index (χ1) is 9.43. The van der Waals surface area contributed by atoms with E-state index in [9.17, 15) is 4.79 Å². The summed E-state index contributed by atoms with van der Waals surface area (Å²) in [7, 11) is 0. The zero-order valence-electron chi connectivity index (χ0n) is 12.9. The SMILES string of the molecule is CCC(CC)c1cc(C(=O)NCC(C)(C)CCO)on1. The zero-order chi connectivity index (χ0) is 15.2. The first-order valence-electron chi connectivity index (χ1n) is 7.29. The minimum absolute atomic E-state index is 0.115. The molecule has 0 aromatic carbocycles. The summed E-state index contributed by atoms with van der Waals surface area (Å²) in [5.41, 5.74) is 0.706. The minimum atomic E-state index is -0.249. The van der Waals surface area contributed by atoms with Crippen LogP contribution >= 0.6 is 0 Å². The summed E-state index contributed by atoms with van der Waals surface area (Å²) in [5.74, 6) is 0.346. The van der Waals surface area contributed by atoms with Gasteiger partial charge in [0.05, 0.1) is 5.69 Å². The molecule has 2 N–H and O–H groups in total. The van der Waals surface area contributed by atoms with Crippen LogP contribution < -0.4 is 5.32 Å². The topological polar surface area (TPSA) is 75.4 Å². The fraction of sp³-hybridized carbons (Fsp3) is 0.733. The van der Waals surface area contributed by atoms with Gasteiger partial charge in [-0.2, -0.15) is 0 Å². The number of carbonyl (C=O) groups excluding carboxylic acids is 1. The van der Waals surface area contributed by atoms with Gasteiger partial charge in [-0.3, -0.25) is 4.79 Å². The van der Waals surface area contributed by atoms with Gasteiger partial charge in [0, 0.05) is 25.1 Å². The third-order valence-corrected chi connectivity index (χ3v) is 3.67. The first kappa shape index (κ1) is 16.7. The lowest BCUT2D eigenvalue weighted by Gasteiger charge is -2.23. The number of aliphatic hydroxyl groups is 1. The van der Waals surface area contributed by atoms with Crippen molar-refractivity contribution < 1.29 is 14.4 Å². The fourth-order valence-electron chi connectivity index (χ4n) is 2.09. The van der Waals surface area contributed by atoms with Crippen LogP contribution in [0.5, 0.6) is 0 Å². The summed E-state index contributed by atoms with van der Waals surface area (Å²) in [4.78, 5) is 12.0. The Morgan fingerprint density at radius 2 is 2.10 bits per heavy atom. The molecule has 1 amide bonds. The third-order valence-electron chi connectivity index (χ3n) is 3.67. The molecule has 0 aliphatic carbocycles. The van der Waals surface area contributed by atoms with Crippen LogP contribution in [0, 0.1) is 5.41 Å². The summed E-state index contributed by atoms with van der Waals surface area (Å²) in [6.45, 7) is 8.80. The molecule has 0 unspecified atom stereocenters. The predicted molar refractivity (Wildman–Crippen MR) is 77.6 cm³/mol. The van der Waals surface area contributed by atoms with Crippen molar-refractivity contribution in [3.8, 4) is 0 Å². The number of nitrogens with zero attached hydrogens (tertiary/aromatic N) is 1. The highest BCUT2D eigenvalue weighted by Gasteiger charge is 2.21. The number of rotatable bonds is 8. The summed E-state index contributed by atoms with van der Waals surface area (Å²) >= 11 is 0. The smallest absolute Gasteiger partial charge is 0.289 e. The summed E-state index contributed by atoms with van der Waals surface area (Å²) in [6, 6.07) is 1.73. The average molecular weight is 282 g/mol. The number of aliphatic hydroxyl groups excluding tert-OH is 1. The van der Waals surface area contributed by atoms with Crippen molar-refractivity contribution >= 4 is 5.91 Å². The number of amides is 1. The lowest BCUT2D eigenvalue weighted by Crippen LogP contribution is -2.34. The molecular formula is C15H26N2O3. The van der Waals surface area contributed by atoms with Gasteiger partial charge in [-0.15, -0.1) is 0 Å². The third kappa shape index (κ3) is 4.63. The van der Waals surface area contributed by atoms with Crippen LogP contribution in [0.4, 0.5) is 0 Å². The predicted octanol–water partition coefficient (Wildman–Crippen LogP) is 2.72. The van der Waals surface area contributed by atoms with Crippen molar-refractivity contribution in [3.05, 3.63) is 17.5 Å². The number of carbonyl (C=O) groups is 1. The second-order valence-electron chi connectivity index (χ2n) is 5.95. The Morgan fingerprint density at radius 1 is 1.45 bits per heavy atom. The highest BCUT2D eigenvalue weighted by Crippen LogP contribution is 2.23. The van der Waals surface area contributed by atoms with Crippen molar-refractivity contribution in [2.24, 2.45) is 5.41 Å². The molecule has 0 spiro atoms. The molecule has 1 heterocycles. The van der Waals surface area contributed by atoms with Crippen molar-refractivity contribution in [3.63, 3.8) is 0 Å². The van der Waals surface area contributed by atoms with Gasteiger partial charge in [0.2, 0.25) is 5.76 Å². The molecule has 0 atom stereocenters. The largest absolute Gasteiger partial charge is 0.396 e. The van der Waals surface area contributed by atoms with Gasteiger partial charge in [0.25, 0.3) is 5.91 Å². The number of aromatic nitrogens is 1. The van der Waals surface area contributed by atoms with E-state index in [2.05, 4.69) is 24.3 Å². The zero-order valence-corrected chi connectivity index (χ0v) is 12.9. The maximum absolute atomic E-state index is 12.0. The molecule has 0 bridgehead atoms. The Labute approximate surface area is 120 Å². The molecule has 114 valence electrons. The Hall–Kier alpha value is -1.36. The molecule has 1 aromatic heterocycles. The number of nitrogens with one attached hydrogen (secondary N) is 1. The molecule has 0 radical (unpaired) electrons. The van der Waals surface area contributed by atoms with Gasteiger partial charge >= 0.3 is 0 Å². The van der Waals surface area contributed by atoms with Crippen molar-refractivity contribution in [1.29, 1.82) is 0 Å². The molecule has 0 aliphatic rings. The van der Waals surface area contributed by atoms with E-state index in [0.717, 1.165) is 18.5 Å². The molecule has 0 aliphatic heterocycles. The van der Waals surface area contributed by atoms with E-state index in [0.29, 0.717) is 18.9 Å². The normalized spacial score (nSPS) is 11.9. The van der Waals surface area contributed by atoms with Crippen LogP contribution in [0.1, 0.15) is 69.1 Å². The molecule has 0 fully saturated rings. The quantitative estimate of drug-likeness (QED) is 0.768. The van der Waals surface area contributed by atoms with E-state index in [4.69, 9.17) is 9.63 Å². The van der Waals surface area contributed by atoms with Crippen LogP contribution in [0.3, 0.4) is 0 Å². The van der Waals surface area contributed by atoms with Crippen LogP contribution in [0.25, 0.3) is 0 Å². The molecule has 1 rings (SSSR count). The van der Waals surface area contributed by atoms with Crippen molar-refractivity contribution in [2.45, 2.75) is 52.9 Å². The highest BCUT2D eigenvalue weighted by atomic mass is 16.5. The Morgan fingerprint density at radius 3 is 2.65 bits per heavy atom. The van der Waals surface area contributed by atoms with Gasteiger partial charge in [0.1, 0.15) is 0 Å². The van der Waals surface area contributed by atoms with Crippen LogP contribution in [-0.4, -0.2) is 29.3 Å². The minimum Gasteiger partial charge on any atom is -0.396 e. The van der Waals surface area contributed by atoms with Crippen molar-refractivity contribution in [2.75, 3.05) is 13.2 Å². The van der Waals surface area contributed by atoms with E-state index in [-0.39, 0.29) is 23.7 Å². The van der Waals surface area contributed by atoms with Crippen molar-refractivity contribution in [1.82, 2.24) is 10.5 Å². The van der Waals surface area contributed by atoms with Gasteiger partial charge in [-0.05, 0) is 24.7 Å².